The maximum absolute atomic E-state index is 12.0. The van der Waals surface area contributed by atoms with E-state index in [0.29, 0.717) is 21.7 Å². The van der Waals surface area contributed by atoms with E-state index < -0.39 is 12.1 Å². The molecule has 0 aliphatic carbocycles. The summed E-state index contributed by atoms with van der Waals surface area (Å²) < 4.78 is 17.6. The van der Waals surface area contributed by atoms with Crippen LogP contribution in [0, 0.1) is 0 Å². The highest BCUT2D eigenvalue weighted by atomic mass is 35.5. The van der Waals surface area contributed by atoms with E-state index in [0.717, 1.165) is 0 Å². The first-order valence-electron chi connectivity index (χ1n) is 8.31. The van der Waals surface area contributed by atoms with E-state index in [1.807, 2.05) is 32.0 Å². The molecular weight excluding hydrogens is 372 g/mol. The average molecular weight is 391 g/mol. The lowest BCUT2D eigenvalue weighted by molar-refractivity contribution is -0.152. The molecule has 0 aliphatic rings. The Morgan fingerprint density at radius 2 is 2.04 bits per heavy atom. The van der Waals surface area contributed by atoms with E-state index in [1.165, 1.54) is 13.4 Å². The van der Waals surface area contributed by atoms with Gasteiger partial charge in [0.05, 0.1) is 36.7 Å². The van der Waals surface area contributed by atoms with Crippen LogP contribution < -0.4 is 4.74 Å². The second kappa shape index (κ2) is 8.32. The first kappa shape index (κ1) is 19.1. The van der Waals surface area contributed by atoms with Crippen molar-refractivity contribution in [2.45, 2.75) is 26.1 Å². The zero-order valence-corrected chi connectivity index (χ0v) is 15.9. The average Bonchev–Trinajstić information content (AvgIpc) is 3.09. The molecule has 3 aromatic rings. The first-order valence-corrected chi connectivity index (χ1v) is 8.68. The predicted octanol–water partition coefficient (Wildman–Crippen LogP) is 2.81. The molecule has 8 nitrogen and oxygen atoms in total. The highest BCUT2D eigenvalue weighted by molar-refractivity contribution is 6.32. The Kier molecular flexibility index (Phi) is 5.88. The summed E-state index contributed by atoms with van der Waals surface area (Å²) in [5.41, 5.74) is 1.17. The van der Waals surface area contributed by atoms with Gasteiger partial charge in [0.25, 0.3) is 0 Å². The first-order chi connectivity index (χ1) is 13.0. The van der Waals surface area contributed by atoms with Crippen molar-refractivity contribution in [3.63, 3.8) is 0 Å². The number of carbonyl (C=O) groups is 1. The molecule has 0 saturated carbocycles. The van der Waals surface area contributed by atoms with Crippen LogP contribution in [-0.2, 0) is 14.3 Å². The molecular formula is C18H19ClN4O4. The van der Waals surface area contributed by atoms with Crippen molar-refractivity contribution in [3.05, 3.63) is 41.8 Å². The number of rotatable bonds is 7. The number of halogens is 1. The van der Waals surface area contributed by atoms with E-state index >= 15 is 0 Å². The highest BCUT2D eigenvalue weighted by Crippen LogP contribution is 2.27. The van der Waals surface area contributed by atoms with Gasteiger partial charge in [-0.25, -0.2) is 19.4 Å². The Hall–Kier alpha value is -2.71. The van der Waals surface area contributed by atoms with Crippen molar-refractivity contribution >= 4 is 28.6 Å². The Bertz CT molecular complexity index is 944. The Morgan fingerprint density at radius 3 is 2.74 bits per heavy atom. The lowest BCUT2D eigenvalue weighted by Gasteiger charge is -2.18. The van der Waals surface area contributed by atoms with Crippen LogP contribution in [0.15, 0.2) is 36.8 Å². The lowest BCUT2D eigenvalue weighted by Crippen LogP contribution is -2.34. The maximum Gasteiger partial charge on any atom is 0.349 e. The molecule has 9 heteroatoms. The number of aromatic nitrogens is 4. The molecule has 1 aromatic carbocycles. The largest absolute Gasteiger partial charge is 0.466 e. The molecule has 0 spiro atoms. The molecule has 0 aliphatic heterocycles. The second-order valence-electron chi connectivity index (χ2n) is 5.94. The molecule has 142 valence electrons. The number of esters is 1. The summed E-state index contributed by atoms with van der Waals surface area (Å²) in [4.78, 5) is 20.4. The smallest absolute Gasteiger partial charge is 0.349 e. The monoisotopic (exact) mass is 390 g/mol. The fourth-order valence-corrected chi connectivity index (χ4v) is 2.63. The van der Waals surface area contributed by atoms with E-state index in [9.17, 15) is 4.79 Å². The molecule has 2 heterocycles. The van der Waals surface area contributed by atoms with Crippen LogP contribution in [0.5, 0.6) is 5.88 Å². The summed E-state index contributed by atoms with van der Waals surface area (Å²) >= 11 is 6.26. The third kappa shape index (κ3) is 4.17. The molecule has 0 radical (unpaired) electrons. The number of hydrogen-bond donors (Lipinski definition) is 0. The van der Waals surface area contributed by atoms with Crippen molar-refractivity contribution in [2.75, 3.05) is 13.7 Å². The molecule has 0 unspecified atom stereocenters. The van der Waals surface area contributed by atoms with E-state index in [4.69, 9.17) is 25.8 Å². The maximum atomic E-state index is 12.0. The number of carbonyl (C=O) groups excluding carboxylic acids is 1. The summed E-state index contributed by atoms with van der Waals surface area (Å²) in [5, 5.41) is 5.40. The zero-order chi connectivity index (χ0) is 19.4. The SMILES string of the molecule is COC(=O)[C@H](COC(C)C)Oc1ncnc2c1cnn2-c1ccccc1Cl. The van der Waals surface area contributed by atoms with Crippen LogP contribution in [0.3, 0.4) is 0 Å². The van der Waals surface area contributed by atoms with Crippen LogP contribution in [-0.4, -0.2) is 51.6 Å². The summed E-state index contributed by atoms with van der Waals surface area (Å²) in [5.74, 6) is -0.345. The fourth-order valence-electron chi connectivity index (χ4n) is 2.41. The quantitative estimate of drug-likeness (QED) is 0.573. The number of methoxy groups -OCH3 is 1. The molecule has 0 fully saturated rings. The fraction of sp³-hybridized carbons (Fsp3) is 0.333. The van der Waals surface area contributed by atoms with Gasteiger partial charge >= 0.3 is 5.97 Å². The van der Waals surface area contributed by atoms with Gasteiger partial charge in [-0.3, -0.25) is 0 Å². The predicted molar refractivity (Wildman–Crippen MR) is 99.2 cm³/mol. The minimum Gasteiger partial charge on any atom is -0.466 e. The van der Waals surface area contributed by atoms with Crippen molar-refractivity contribution in [1.82, 2.24) is 19.7 Å². The van der Waals surface area contributed by atoms with Crippen LogP contribution >= 0.6 is 11.6 Å². The topological polar surface area (TPSA) is 88.4 Å². The Labute approximate surface area is 161 Å². The van der Waals surface area contributed by atoms with E-state index in [2.05, 4.69) is 15.1 Å². The molecule has 27 heavy (non-hydrogen) atoms. The number of para-hydroxylation sites is 1. The second-order valence-corrected chi connectivity index (χ2v) is 6.34. The Morgan fingerprint density at radius 1 is 1.26 bits per heavy atom. The normalized spacial score (nSPS) is 12.3. The third-order valence-electron chi connectivity index (χ3n) is 3.71. The van der Waals surface area contributed by atoms with Gasteiger partial charge in [0.15, 0.2) is 5.65 Å². The van der Waals surface area contributed by atoms with Gasteiger partial charge < -0.3 is 14.2 Å². The standard InChI is InChI=1S/C18H19ClN4O4/c1-11(2)26-9-15(18(24)25-3)27-17-12-8-22-23(16(12)20-10-21-17)14-7-5-4-6-13(14)19/h4-8,10-11,15H,9H2,1-3H3/t15-/m0/s1. The van der Waals surface area contributed by atoms with Gasteiger partial charge in [-0.05, 0) is 26.0 Å². The number of fused-ring (bicyclic) bond motifs is 1. The van der Waals surface area contributed by atoms with E-state index in [-0.39, 0.29) is 18.6 Å². The van der Waals surface area contributed by atoms with Crippen molar-refractivity contribution < 1.29 is 19.0 Å². The summed E-state index contributed by atoms with van der Waals surface area (Å²) in [6, 6.07) is 7.27. The van der Waals surface area contributed by atoms with Crippen LogP contribution in [0.2, 0.25) is 5.02 Å². The minimum absolute atomic E-state index is 0.0362. The summed E-state index contributed by atoms with van der Waals surface area (Å²) in [7, 11) is 1.29. The van der Waals surface area contributed by atoms with Crippen LogP contribution in [0.4, 0.5) is 0 Å². The summed E-state index contributed by atoms with van der Waals surface area (Å²) in [6.07, 6.45) is 1.88. The minimum atomic E-state index is -0.959. The van der Waals surface area contributed by atoms with Gasteiger partial charge in [0.1, 0.15) is 11.7 Å². The molecule has 2 aromatic heterocycles. The van der Waals surface area contributed by atoms with Crippen molar-refractivity contribution in [3.8, 4) is 11.6 Å². The van der Waals surface area contributed by atoms with Crippen molar-refractivity contribution in [2.24, 2.45) is 0 Å². The highest BCUT2D eigenvalue weighted by Gasteiger charge is 2.25. The summed E-state index contributed by atoms with van der Waals surface area (Å²) in [6.45, 7) is 3.77. The van der Waals surface area contributed by atoms with Gasteiger partial charge in [-0.15, -0.1) is 0 Å². The van der Waals surface area contributed by atoms with Crippen LogP contribution in [0.25, 0.3) is 16.7 Å². The number of hydrogen-bond acceptors (Lipinski definition) is 7. The number of ether oxygens (including phenoxy) is 3. The number of nitrogens with zero attached hydrogens (tertiary/aromatic N) is 4. The zero-order valence-electron chi connectivity index (χ0n) is 15.1. The molecule has 0 saturated heterocycles. The van der Waals surface area contributed by atoms with Crippen LogP contribution in [0.1, 0.15) is 13.8 Å². The third-order valence-corrected chi connectivity index (χ3v) is 4.03. The van der Waals surface area contributed by atoms with Gasteiger partial charge in [0, 0.05) is 0 Å². The molecule has 0 bridgehead atoms. The van der Waals surface area contributed by atoms with Gasteiger partial charge in [-0.2, -0.15) is 5.10 Å². The number of benzene rings is 1. The van der Waals surface area contributed by atoms with Gasteiger partial charge in [0.2, 0.25) is 12.0 Å². The molecule has 0 N–H and O–H groups in total. The van der Waals surface area contributed by atoms with E-state index in [1.54, 1.807) is 16.9 Å². The Balaban J connectivity index is 1.95. The molecule has 0 amide bonds. The molecule has 3 rings (SSSR count). The van der Waals surface area contributed by atoms with Crippen molar-refractivity contribution in [1.29, 1.82) is 0 Å². The lowest BCUT2D eigenvalue weighted by atomic mass is 10.3. The molecule has 1 atom stereocenters. The van der Waals surface area contributed by atoms with Gasteiger partial charge in [-0.1, -0.05) is 23.7 Å².